The van der Waals surface area contributed by atoms with Gasteiger partial charge in [0, 0.05) is 34.4 Å². The van der Waals surface area contributed by atoms with Crippen LogP contribution in [0.2, 0.25) is 0 Å². The van der Waals surface area contributed by atoms with E-state index in [1.54, 1.807) is 12.1 Å². The summed E-state index contributed by atoms with van der Waals surface area (Å²) >= 11 is 0. The van der Waals surface area contributed by atoms with Gasteiger partial charge in [-0.15, -0.1) is 0 Å². The van der Waals surface area contributed by atoms with Gasteiger partial charge in [0.05, 0.1) is 44.8 Å². The summed E-state index contributed by atoms with van der Waals surface area (Å²) in [5.41, 5.74) is 8.44. The van der Waals surface area contributed by atoms with Gasteiger partial charge in [-0.2, -0.15) is 0 Å². The minimum Gasteiger partial charge on any atom is -0.244 e. The van der Waals surface area contributed by atoms with Crippen molar-refractivity contribution in [2.75, 3.05) is 0 Å². The van der Waals surface area contributed by atoms with Crippen LogP contribution in [0.4, 0.5) is 8.78 Å². The Labute approximate surface area is 228 Å². The first-order chi connectivity index (χ1) is 19.6. The van der Waals surface area contributed by atoms with E-state index < -0.39 is 0 Å². The van der Waals surface area contributed by atoms with Crippen LogP contribution in [0.15, 0.2) is 121 Å². The molecule has 0 N–H and O–H groups in total. The van der Waals surface area contributed by atoms with Crippen molar-refractivity contribution in [3.05, 3.63) is 133 Å². The fraction of sp³-hybridized carbons (Fsp3) is 0. The zero-order chi connectivity index (χ0) is 27.1. The van der Waals surface area contributed by atoms with Crippen molar-refractivity contribution >= 4 is 22.1 Å². The summed E-state index contributed by atoms with van der Waals surface area (Å²) in [5.74, 6) is -0.710. The molecular formula is C34H20F2N4. The molecule has 2 aromatic heterocycles. The Kier molecular flexibility index (Phi) is 5.78. The molecule has 7 aromatic rings. The molecule has 0 fully saturated rings. The van der Waals surface area contributed by atoms with Gasteiger partial charge < -0.3 is 0 Å². The molecule has 0 bridgehead atoms. The van der Waals surface area contributed by atoms with E-state index in [-0.39, 0.29) is 11.6 Å². The van der Waals surface area contributed by atoms with Crippen molar-refractivity contribution in [2.45, 2.75) is 0 Å². The lowest BCUT2D eigenvalue weighted by molar-refractivity contribution is 0.629. The third-order valence-electron chi connectivity index (χ3n) is 6.78. The van der Waals surface area contributed by atoms with E-state index in [4.69, 9.17) is 19.9 Å². The van der Waals surface area contributed by atoms with Crippen LogP contribution in [0.25, 0.3) is 67.1 Å². The number of hydrogen-bond acceptors (Lipinski definition) is 4. The van der Waals surface area contributed by atoms with Crippen LogP contribution in [0.1, 0.15) is 0 Å². The van der Waals surface area contributed by atoms with Crippen molar-refractivity contribution in [1.29, 1.82) is 0 Å². The van der Waals surface area contributed by atoms with Gasteiger partial charge in [0.2, 0.25) is 0 Å². The van der Waals surface area contributed by atoms with E-state index in [2.05, 4.69) is 0 Å². The fourth-order valence-electron chi connectivity index (χ4n) is 4.84. The Balaban J connectivity index is 1.39. The number of benzene rings is 5. The predicted octanol–water partition coefficient (Wildman–Crippen LogP) is 8.52. The first kappa shape index (κ1) is 23.7. The van der Waals surface area contributed by atoms with Crippen molar-refractivity contribution < 1.29 is 8.78 Å². The van der Waals surface area contributed by atoms with E-state index in [0.29, 0.717) is 44.8 Å². The second-order valence-electron chi connectivity index (χ2n) is 9.42. The molecule has 0 saturated heterocycles. The van der Waals surface area contributed by atoms with Crippen molar-refractivity contribution in [1.82, 2.24) is 19.9 Å². The maximum absolute atomic E-state index is 14.0. The highest BCUT2D eigenvalue weighted by Gasteiger charge is 2.17. The van der Waals surface area contributed by atoms with Gasteiger partial charge in [-0.3, -0.25) is 0 Å². The van der Waals surface area contributed by atoms with Gasteiger partial charge in [0.1, 0.15) is 11.6 Å². The Hall–Kier alpha value is -5.36. The lowest BCUT2D eigenvalue weighted by atomic mass is 9.99. The summed E-state index contributed by atoms with van der Waals surface area (Å²) in [6.45, 7) is 0. The largest absolute Gasteiger partial charge is 0.244 e. The third kappa shape index (κ3) is 4.35. The molecule has 0 spiro atoms. The van der Waals surface area contributed by atoms with E-state index in [1.165, 1.54) is 24.3 Å². The third-order valence-corrected chi connectivity index (χ3v) is 6.78. The summed E-state index contributed by atoms with van der Waals surface area (Å²) in [6, 6.07) is 36.3. The molecule has 2 heterocycles. The number of fused-ring (bicyclic) bond motifs is 2. The van der Waals surface area contributed by atoms with Crippen LogP contribution in [-0.4, -0.2) is 19.9 Å². The number of hydrogen-bond donors (Lipinski definition) is 0. The van der Waals surface area contributed by atoms with Crippen molar-refractivity contribution in [3.63, 3.8) is 0 Å². The molecule has 0 aliphatic heterocycles. The van der Waals surface area contributed by atoms with Gasteiger partial charge in [0.15, 0.2) is 0 Å². The lowest BCUT2D eigenvalue weighted by Gasteiger charge is -2.13. The summed E-state index contributed by atoms with van der Waals surface area (Å²) in [5, 5.41) is 0. The number of halogens is 2. The minimum absolute atomic E-state index is 0.355. The summed E-state index contributed by atoms with van der Waals surface area (Å²) in [4.78, 5) is 19.4. The maximum atomic E-state index is 14.0. The molecule has 0 saturated carbocycles. The fourth-order valence-corrected chi connectivity index (χ4v) is 4.84. The predicted molar refractivity (Wildman–Crippen MR) is 154 cm³/mol. The topological polar surface area (TPSA) is 51.6 Å². The minimum atomic E-state index is -0.355. The van der Waals surface area contributed by atoms with E-state index in [9.17, 15) is 8.78 Å². The molecule has 0 aliphatic carbocycles. The lowest BCUT2D eigenvalue weighted by Crippen LogP contribution is -1.97. The van der Waals surface area contributed by atoms with E-state index >= 15 is 0 Å². The highest BCUT2D eigenvalue weighted by atomic mass is 19.1. The van der Waals surface area contributed by atoms with Gasteiger partial charge in [0.25, 0.3) is 0 Å². The standard InChI is InChI=1S/C34H20F2N4/c35-25-15-17-27-29(19-25)39-31(21-7-3-1-4-8-21)33(37-27)23-11-13-24(14-12-23)34-32(22-9-5-2-6-10-22)40-30-20-26(36)16-18-28(30)38-34/h1-20H. The normalized spacial score (nSPS) is 11.2. The second-order valence-corrected chi connectivity index (χ2v) is 9.42. The quantitative estimate of drug-likeness (QED) is 0.232. The van der Waals surface area contributed by atoms with Gasteiger partial charge in [-0.1, -0.05) is 84.9 Å². The smallest absolute Gasteiger partial charge is 0.125 e. The Morgan fingerprint density at radius 2 is 0.650 bits per heavy atom. The molecule has 5 aromatic carbocycles. The van der Waals surface area contributed by atoms with E-state index in [1.807, 2.05) is 84.9 Å². The Morgan fingerprint density at radius 3 is 1.02 bits per heavy atom. The van der Waals surface area contributed by atoms with Crippen molar-refractivity contribution in [2.24, 2.45) is 0 Å². The van der Waals surface area contributed by atoms with Crippen LogP contribution in [0.5, 0.6) is 0 Å². The zero-order valence-electron chi connectivity index (χ0n) is 21.1. The maximum Gasteiger partial charge on any atom is 0.125 e. The zero-order valence-corrected chi connectivity index (χ0v) is 21.1. The Morgan fingerprint density at radius 1 is 0.325 bits per heavy atom. The second kappa shape index (κ2) is 9.75. The Bertz CT molecular complexity index is 1860. The number of rotatable bonds is 4. The average Bonchev–Trinajstić information content (AvgIpc) is 3.00. The number of nitrogens with zero attached hydrogens (tertiary/aromatic N) is 4. The van der Waals surface area contributed by atoms with Gasteiger partial charge in [-0.05, 0) is 24.3 Å². The molecule has 40 heavy (non-hydrogen) atoms. The van der Waals surface area contributed by atoms with Crippen LogP contribution < -0.4 is 0 Å². The molecule has 0 aliphatic rings. The molecule has 6 heteroatoms. The van der Waals surface area contributed by atoms with Crippen LogP contribution in [-0.2, 0) is 0 Å². The first-order valence-electron chi connectivity index (χ1n) is 12.8. The molecule has 190 valence electrons. The molecule has 7 rings (SSSR count). The monoisotopic (exact) mass is 522 g/mol. The molecule has 0 unspecified atom stereocenters. The average molecular weight is 523 g/mol. The molecule has 0 amide bonds. The highest BCUT2D eigenvalue weighted by Crippen LogP contribution is 2.35. The van der Waals surface area contributed by atoms with Gasteiger partial charge in [-0.25, -0.2) is 28.7 Å². The highest BCUT2D eigenvalue weighted by molar-refractivity contribution is 5.89. The molecule has 4 nitrogen and oxygen atoms in total. The molecule has 0 atom stereocenters. The van der Waals surface area contributed by atoms with E-state index in [0.717, 1.165) is 22.3 Å². The van der Waals surface area contributed by atoms with Crippen LogP contribution in [0, 0.1) is 11.6 Å². The van der Waals surface area contributed by atoms with Crippen LogP contribution >= 0.6 is 0 Å². The molecular weight excluding hydrogens is 502 g/mol. The molecule has 0 radical (unpaired) electrons. The van der Waals surface area contributed by atoms with Crippen LogP contribution in [0.3, 0.4) is 0 Å². The summed E-state index contributed by atoms with van der Waals surface area (Å²) < 4.78 is 28.0. The number of aromatic nitrogens is 4. The summed E-state index contributed by atoms with van der Waals surface area (Å²) in [6.07, 6.45) is 0. The van der Waals surface area contributed by atoms with Crippen molar-refractivity contribution in [3.8, 4) is 45.0 Å². The SMILES string of the molecule is Fc1ccc2nc(-c3ccc(-c4nc5ccc(F)cc5nc4-c4ccccc4)cc3)c(-c3ccccc3)nc2c1. The summed E-state index contributed by atoms with van der Waals surface area (Å²) in [7, 11) is 0. The van der Waals surface area contributed by atoms with Gasteiger partial charge >= 0.3 is 0 Å². The first-order valence-corrected chi connectivity index (χ1v) is 12.8.